The van der Waals surface area contributed by atoms with Crippen LogP contribution in [0.15, 0.2) is 47.2 Å². The zero-order valence-corrected chi connectivity index (χ0v) is 15.9. The second kappa shape index (κ2) is 6.68. The Kier molecular flexibility index (Phi) is 4.34. The summed E-state index contributed by atoms with van der Waals surface area (Å²) in [6.07, 6.45) is 6.32. The van der Waals surface area contributed by atoms with Crippen LogP contribution in [-0.2, 0) is 12.8 Å². The van der Waals surface area contributed by atoms with Crippen molar-refractivity contribution in [2.75, 3.05) is 5.32 Å². The highest BCUT2D eigenvalue weighted by atomic mass is 16.5. The number of fused-ring (bicyclic) bond motifs is 1. The smallest absolute Gasteiger partial charge is 0.278 e. The van der Waals surface area contributed by atoms with Crippen LogP contribution in [-0.4, -0.2) is 20.8 Å². The van der Waals surface area contributed by atoms with Crippen molar-refractivity contribution in [2.24, 2.45) is 11.3 Å². The standard InChI is InChI=1S/C21H24N4O2/c1-21(2,3)14-8-9-18-17(12-14)19(24-27-18)20(26)23-15-6-4-7-16(13-15)25-11-5-10-22-25/h4-7,10-11,13-14H,8-9,12H2,1-3H3,(H,23,26). The number of aromatic nitrogens is 3. The van der Waals surface area contributed by atoms with Crippen LogP contribution < -0.4 is 5.32 Å². The Morgan fingerprint density at radius 1 is 1.30 bits per heavy atom. The van der Waals surface area contributed by atoms with Crippen molar-refractivity contribution in [1.29, 1.82) is 0 Å². The Bertz CT molecular complexity index is 951. The molecule has 0 spiro atoms. The van der Waals surface area contributed by atoms with E-state index in [4.69, 9.17) is 4.52 Å². The van der Waals surface area contributed by atoms with Gasteiger partial charge in [0.15, 0.2) is 5.69 Å². The second-order valence-corrected chi connectivity index (χ2v) is 8.19. The van der Waals surface area contributed by atoms with E-state index in [2.05, 4.69) is 36.3 Å². The van der Waals surface area contributed by atoms with Gasteiger partial charge in [-0.05, 0) is 48.4 Å². The molecule has 1 N–H and O–H groups in total. The first-order valence-electron chi connectivity index (χ1n) is 9.30. The normalized spacial score (nSPS) is 16.8. The van der Waals surface area contributed by atoms with Crippen LogP contribution in [0, 0.1) is 11.3 Å². The summed E-state index contributed by atoms with van der Waals surface area (Å²) in [6, 6.07) is 9.43. The molecule has 0 radical (unpaired) electrons. The van der Waals surface area contributed by atoms with Gasteiger partial charge < -0.3 is 9.84 Å². The van der Waals surface area contributed by atoms with Gasteiger partial charge in [0.05, 0.1) is 5.69 Å². The number of nitrogens with zero attached hydrogens (tertiary/aromatic N) is 3. The van der Waals surface area contributed by atoms with Gasteiger partial charge in [0.2, 0.25) is 0 Å². The molecule has 1 amide bonds. The molecule has 1 aliphatic carbocycles. The van der Waals surface area contributed by atoms with Gasteiger partial charge in [0.25, 0.3) is 5.91 Å². The van der Waals surface area contributed by atoms with E-state index in [-0.39, 0.29) is 11.3 Å². The summed E-state index contributed by atoms with van der Waals surface area (Å²) in [7, 11) is 0. The van der Waals surface area contributed by atoms with Crippen molar-refractivity contribution < 1.29 is 9.32 Å². The minimum absolute atomic E-state index is 0.195. The average molecular weight is 364 g/mol. The summed E-state index contributed by atoms with van der Waals surface area (Å²) in [5.41, 5.74) is 3.15. The molecule has 0 saturated carbocycles. The molecule has 1 aliphatic rings. The first kappa shape index (κ1) is 17.5. The summed E-state index contributed by atoms with van der Waals surface area (Å²) < 4.78 is 7.22. The Morgan fingerprint density at radius 3 is 2.89 bits per heavy atom. The molecule has 0 aliphatic heterocycles. The van der Waals surface area contributed by atoms with E-state index in [1.807, 2.05) is 36.5 Å². The summed E-state index contributed by atoms with van der Waals surface area (Å²) in [4.78, 5) is 12.8. The molecule has 1 unspecified atom stereocenters. The van der Waals surface area contributed by atoms with E-state index in [1.165, 1.54) is 0 Å². The van der Waals surface area contributed by atoms with Gasteiger partial charge in [0, 0.05) is 30.1 Å². The number of amides is 1. The quantitative estimate of drug-likeness (QED) is 0.753. The molecule has 27 heavy (non-hydrogen) atoms. The molecule has 1 atom stereocenters. The second-order valence-electron chi connectivity index (χ2n) is 8.19. The van der Waals surface area contributed by atoms with Crippen LogP contribution in [0.1, 0.15) is 49.0 Å². The molecule has 1 aromatic carbocycles. The third-order valence-electron chi connectivity index (χ3n) is 5.35. The number of nitrogens with one attached hydrogen (secondary N) is 1. The van der Waals surface area contributed by atoms with Crippen LogP contribution in [0.4, 0.5) is 5.69 Å². The minimum atomic E-state index is -0.229. The molecule has 3 aromatic rings. The topological polar surface area (TPSA) is 73.0 Å². The van der Waals surface area contributed by atoms with Crippen molar-refractivity contribution in [3.05, 3.63) is 59.7 Å². The molecule has 6 nitrogen and oxygen atoms in total. The highest BCUT2D eigenvalue weighted by Gasteiger charge is 2.34. The van der Waals surface area contributed by atoms with Gasteiger partial charge in [0.1, 0.15) is 5.76 Å². The lowest BCUT2D eigenvalue weighted by Crippen LogP contribution is -2.27. The summed E-state index contributed by atoms with van der Waals surface area (Å²) in [5, 5.41) is 11.2. The maximum atomic E-state index is 12.8. The fraction of sp³-hybridized carbons (Fsp3) is 0.381. The zero-order valence-electron chi connectivity index (χ0n) is 15.9. The molecule has 6 heteroatoms. The molecule has 0 bridgehead atoms. The summed E-state index contributed by atoms with van der Waals surface area (Å²) >= 11 is 0. The van der Waals surface area contributed by atoms with E-state index in [9.17, 15) is 4.79 Å². The SMILES string of the molecule is CC(C)(C)C1CCc2onc(C(=O)Nc3cccc(-n4cccn4)c3)c2C1. The summed E-state index contributed by atoms with van der Waals surface area (Å²) in [6.45, 7) is 6.74. The van der Waals surface area contributed by atoms with E-state index in [0.717, 1.165) is 36.3 Å². The predicted molar refractivity (Wildman–Crippen MR) is 103 cm³/mol. The maximum Gasteiger partial charge on any atom is 0.278 e. The zero-order chi connectivity index (χ0) is 19.0. The fourth-order valence-corrected chi connectivity index (χ4v) is 3.66. The first-order valence-corrected chi connectivity index (χ1v) is 9.30. The van der Waals surface area contributed by atoms with Crippen LogP contribution in [0.5, 0.6) is 0 Å². The number of hydrogen-bond acceptors (Lipinski definition) is 4. The predicted octanol–water partition coefficient (Wildman–Crippen LogP) is 4.26. The van der Waals surface area contributed by atoms with Crippen LogP contribution in [0.2, 0.25) is 0 Å². The Hall–Kier alpha value is -2.89. The Morgan fingerprint density at radius 2 is 2.15 bits per heavy atom. The molecular weight excluding hydrogens is 340 g/mol. The van der Waals surface area contributed by atoms with Crippen molar-refractivity contribution in [3.8, 4) is 5.69 Å². The lowest BCUT2D eigenvalue weighted by atomic mass is 9.71. The van der Waals surface area contributed by atoms with Crippen LogP contribution in [0.3, 0.4) is 0 Å². The number of rotatable bonds is 3. The third-order valence-corrected chi connectivity index (χ3v) is 5.35. The minimum Gasteiger partial charge on any atom is -0.360 e. The lowest BCUT2D eigenvalue weighted by molar-refractivity contribution is 0.101. The van der Waals surface area contributed by atoms with Crippen molar-refractivity contribution in [3.63, 3.8) is 0 Å². The van der Waals surface area contributed by atoms with Crippen LogP contribution >= 0.6 is 0 Å². The van der Waals surface area contributed by atoms with Crippen molar-refractivity contribution >= 4 is 11.6 Å². The Labute approximate surface area is 158 Å². The van der Waals surface area contributed by atoms with Crippen LogP contribution in [0.25, 0.3) is 5.69 Å². The third kappa shape index (κ3) is 3.52. The lowest BCUT2D eigenvalue weighted by Gasteiger charge is -2.33. The average Bonchev–Trinajstić information content (AvgIpc) is 3.30. The van der Waals surface area contributed by atoms with E-state index in [0.29, 0.717) is 17.3 Å². The molecule has 0 fully saturated rings. The highest BCUT2D eigenvalue weighted by molar-refractivity contribution is 6.04. The molecule has 4 rings (SSSR count). The van der Waals surface area contributed by atoms with Gasteiger partial charge in [-0.3, -0.25) is 4.79 Å². The van der Waals surface area contributed by atoms with Gasteiger partial charge in [-0.15, -0.1) is 0 Å². The number of hydrogen-bond donors (Lipinski definition) is 1. The first-order chi connectivity index (χ1) is 12.9. The van der Waals surface area contributed by atoms with Crippen molar-refractivity contribution in [2.45, 2.75) is 40.0 Å². The van der Waals surface area contributed by atoms with Gasteiger partial charge >= 0.3 is 0 Å². The summed E-state index contributed by atoms with van der Waals surface area (Å²) in [5.74, 6) is 1.14. The van der Waals surface area contributed by atoms with E-state index in [1.54, 1.807) is 10.9 Å². The molecule has 2 aromatic heterocycles. The number of aryl methyl sites for hydroxylation is 1. The molecular formula is C21H24N4O2. The fourth-order valence-electron chi connectivity index (χ4n) is 3.66. The Balaban J connectivity index is 1.55. The van der Waals surface area contributed by atoms with Gasteiger partial charge in [-0.2, -0.15) is 5.10 Å². The largest absolute Gasteiger partial charge is 0.360 e. The monoisotopic (exact) mass is 364 g/mol. The van der Waals surface area contributed by atoms with Gasteiger partial charge in [-0.25, -0.2) is 4.68 Å². The molecule has 140 valence electrons. The van der Waals surface area contributed by atoms with E-state index < -0.39 is 0 Å². The van der Waals surface area contributed by atoms with E-state index >= 15 is 0 Å². The maximum absolute atomic E-state index is 12.8. The highest BCUT2D eigenvalue weighted by Crippen LogP contribution is 2.38. The van der Waals surface area contributed by atoms with Gasteiger partial charge in [-0.1, -0.05) is 32.0 Å². The molecule has 2 heterocycles. The number of anilines is 1. The number of benzene rings is 1. The molecule has 0 saturated heterocycles. The number of carbonyl (C=O) groups is 1. The number of carbonyl (C=O) groups excluding carboxylic acids is 1. The van der Waals surface area contributed by atoms with Crippen molar-refractivity contribution in [1.82, 2.24) is 14.9 Å².